The Balaban J connectivity index is 1.80. The van der Waals surface area contributed by atoms with Crippen molar-refractivity contribution in [2.45, 2.75) is 32.2 Å². The zero-order chi connectivity index (χ0) is 13.9. The molecule has 0 heterocycles. The Hall–Kier alpha value is -1.90. The maximum absolute atomic E-state index is 13.6. The van der Waals surface area contributed by atoms with Gasteiger partial charge in [0, 0.05) is 17.8 Å². The van der Waals surface area contributed by atoms with E-state index in [9.17, 15) is 8.78 Å². The van der Waals surface area contributed by atoms with Crippen LogP contribution in [-0.4, -0.2) is 0 Å². The van der Waals surface area contributed by atoms with E-state index < -0.39 is 5.82 Å². The number of benzene rings is 2. The minimum absolute atomic E-state index is 0.306. The van der Waals surface area contributed by atoms with E-state index in [0.29, 0.717) is 12.1 Å². The first-order valence-corrected chi connectivity index (χ1v) is 7.02. The summed E-state index contributed by atoms with van der Waals surface area (Å²) in [6, 6.07) is 9.76. The number of hydrogen-bond acceptors (Lipinski definition) is 1. The van der Waals surface area contributed by atoms with Gasteiger partial charge in [0.1, 0.15) is 11.6 Å². The standard InChI is InChI=1S/C17H17F2N/c18-14-8-9-16(19)13(10-14)11-20-17-7-3-5-12-4-1-2-6-15(12)17/h3,5,7-10,20H,1-2,4,6,11H2. The highest BCUT2D eigenvalue weighted by Gasteiger charge is 2.13. The van der Waals surface area contributed by atoms with E-state index >= 15 is 0 Å². The fraction of sp³-hybridized carbons (Fsp3) is 0.294. The molecule has 0 fully saturated rings. The van der Waals surface area contributed by atoms with Crippen molar-refractivity contribution in [3.63, 3.8) is 0 Å². The molecule has 0 atom stereocenters. The van der Waals surface area contributed by atoms with Crippen molar-refractivity contribution >= 4 is 5.69 Å². The largest absolute Gasteiger partial charge is 0.381 e. The van der Waals surface area contributed by atoms with Gasteiger partial charge in [0.05, 0.1) is 0 Å². The third-order valence-electron chi connectivity index (χ3n) is 3.87. The average molecular weight is 273 g/mol. The molecule has 2 aromatic carbocycles. The van der Waals surface area contributed by atoms with Gasteiger partial charge in [-0.2, -0.15) is 0 Å². The van der Waals surface area contributed by atoms with Crippen LogP contribution in [0.25, 0.3) is 0 Å². The molecule has 0 spiro atoms. The highest BCUT2D eigenvalue weighted by molar-refractivity contribution is 5.55. The van der Waals surface area contributed by atoms with Gasteiger partial charge in [-0.1, -0.05) is 12.1 Å². The van der Waals surface area contributed by atoms with Crippen LogP contribution < -0.4 is 5.32 Å². The highest BCUT2D eigenvalue weighted by Crippen LogP contribution is 2.28. The van der Waals surface area contributed by atoms with Gasteiger partial charge >= 0.3 is 0 Å². The van der Waals surface area contributed by atoms with Crippen LogP contribution in [0.1, 0.15) is 29.5 Å². The van der Waals surface area contributed by atoms with Crippen LogP contribution in [-0.2, 0) is 19.4 Å². The predicted octanol–water partition coefficient (Wildman–Crippen LogP) is 4.46. The van der Waals surface area contributed by atoms with Gasteiger partial charge in [0.15, 0.2) is 0 Å². The van der Waals surface area contributed by atoms with E-state index in [2.05, 4.69) is 11.4 Å². The summed E-state index contributed by atoms with van der Waals surface area (Å²) < 4.78 is 26.8. The maximum atomic E-state index is 13.6. The summed E-state index contributed by atoms with van der Waals surface area (Å²) in [6.07, 6.45) is 4.60. The quantitative estimate of drug-likeness (QED) is 0.870. The van der Waals surface area contributed by atoms with Crippen molar-refractivity contribution < 1.29 is 8.78 Å². The van der Waals surface area contributed by atoms with Gasteiger partial charge < -0.3 is 5.32 Å². The Morgan fingerprint density at radius 3 is 2.75 bits per heavy atom. The third kappa shape index (κ3) is 2.67. The lowest BCUT2D eigenvalue weighted by Crippen LogP contribution is -2.09. The molecule has 3 rings (SSSR count). The van der Waals surface area contributed by atoms with Crippen LogP contribution in [0.3, 0.4) is 0 Å². The molecule has 2 aromatic rings. The number of hydrogen-bond donors (Lipinski definition) is 1. The Bertz CT molecular complexity index is 622. The molecule has 0 unspecified atom stereocenters. The minimum Gasteiger partial charge on any atom is -0.381 e. The Morgan fingerprint density at radius 1 is 1.00 bits per heavy atom. The van der Waals surface area contributed by atoms with Crippen molar-refractivity contribution in [2.24, 2.45) is 0 Å². The van der Waals surface area contributed by atoms with Gasteiger partial charge in [-0.3, -0.25) is 0 Å². The Kier molecular flexibility index (Phi) is 3.68. The van der Waals surface area contributed by atoms with Crippen LogP contribution in [0.2, 0.25) is 0 Å². The molecule has 20 heavy (non-hydrogen) atoms. The predicted molar refractivity (Wildman–Crippen MR) is 76.8 cm³/mol. The number of nitrogens with one attached hydrogen (secondary N) is 1. The molecule has 0 amide bonds. The fourth-order valence-electron chi connectivity index (χ4n) is 2.82. The van der Waals surface area contributed by atoms with Gasteiger partial charge in [-0.05, 0) is 61.1 Å². The summed E-state index contributed by atoms with van der Waals surface area (Å²) >= 11 is 0. The number of aryl methyl sites for hydroxylation is 1. The lowest BCUT2D eigenvalue weighted by atomic mass is 9.90. The van der Waals surface area contributed by atoms with Crippen molar-refractivity contribution in [1.29, 1.82) is 0 Å². The van der Waals surface area contributed by atoms with Gasteiger partial charge in [0.2, 0.25) is 0 Å². The molecule has 0 aliphatic heterocycles. The Morgan fingerprint density at radius 2 is 1.85 bits per heavy atom. The van der Waals surface area contributed by atoms with Gasteiger partial charge in [-0.25, -0.2) is 8.78 Å². The molecule has 1 aliphatic carbocycles. The lowest BCUT2D eigenvalue weighted by molar-refractivity contribution is 0.587. The second-order valence-electron chi connectivity index (χ2n) is 5.24. The SMILES string of the molecule is Fc1ccc(F)c(CNc2cccc3c2CCCC3)c1. The normalized spacial score (nSPS) is 13.9. The molecule has 0 saturated heterocycles. The summed E-state index contributed by atoms with van der Waals surface area (Å²) in [5, 5.41) is 3.25. The third-order valence-corrected chi connectivity index (χ3v) is 3.87. The molecular formula is C17H17F2N. The number of halogens is 2. The first-order valence-electron chi connectivity index (χ1n) is 7.02. The van der Waals surface area contributed by atoms with Gasteiger partial charge in [-0.15, -0.1) is 0 Å². The summed E-state index contributed by atoms with van der Waals surface area (Å²) in [6.45, 7) is 0.306. The number of rotatable bonds is 3. The fourth-order valence-corrected chi connectivity index (χ4v) is 2.82. The minimum atomic E-state index is -0.404. The summed E-state index contributed by atoms with van der Waals surface area (Å²) in [5.74, 6) is -0.776. The molecule has 0 bridgehead atoms. The smallest absolute Gasteiger partial charge is 0.128 e. The van der Waals surface area contributed by atoms with Crippen LogP contribution in [0.4, 0.5) is 14.5 Å². The molecule has 1 aliphatic rings. The van der Waals surface area contributed by atoms with Gasteiger partial charge in [0.25, 0.3) is 0 Å². The molecule has 0 radical (unpaired) electrons. The molecule has 1 N–H and O–H groups in total. The first-order chi connectivity index (χ1) is 9.74. The van der Waals surface area contributed by atoms with Crippen molar-refractivity contribution in [3.8, 4) is 0 Å². The average Bonchev–Trinajstić information content (AvgIpc) is 2.48. The second kappa shape index (κ2) is 5.61. The second-order valence-corrected chi connectivity index (χ2v) is 5.24. The molecule has 104 valence electrons. The van der Waals surface area contributed by atoms with Crippen LogP contribution in [0, 0.1) is 11.6 Å². The zero-order valence-electron chi connectivity index (χ0n) is 11.3. The zero-order valence-corrected chi connectivity index (χ0v) is 11.3. The number of anilines is 1. The summed E-state index contributed by atoms with van der Waals surface area (Å²) in [4.78, 5) is 0. The van der Waals surface area contributed by atoms with Crippen molar-refractivity contribution in [3.05, 3.63) is 64.7 Å². The highest BCUT2D eigenvalue weighted by atomic mass is 19.1. The topological polar surface area (TPSA) is 12.0 Å². The number of fused-ring (bicyclic) bond motifs is 1. The van der Waals surface area contributed by atoms with Crippen LogP contribution >= 0.6 is 0 Å². The summed E-state index contributed by atoms with van der Waals surface area (Å²) in [5.41, 5.74) is 4.11. The molecule has 1 nitrogen and oxygen atoms in total. The molecular weight excluding hydrogens is 256 g/mol. The molecule has 0 aromatic heterocycles. The van der Waals surface area contributed by atoms with Crippen molar-refractivity contribution in [1.82, 2.24) is 0 Å². The molecule has 0 saturated carbocycles. The van der Waals surface area contributed by atoms with E-state index in [0.717, 1.165) is 24.6 Å². The molecule has 3 heteroatoms. The van der Waals surface area contributed by atoms with Crippen molar-refractivity contribution in [2.75, 3.05) is 5.32 Å². The van der Waals surface area contributed by atoms with E-state index in [1.165, 1.54) is 36.1 Å². The van der Waals surface area contributed by atoms with Crippen LogP contribution in [0.5, 0.6) is 0 Å². The summed E-state index contributed by atoms with van der Waals surface area (Å²) in [7, 11) is 0. The van der Waals surface area contributed by atoms with E-state index in [1.807, 2.05) is 12.1 Å². The lowest BCUT2D eigenvalue weighted by Gasteiger charge is -2.20. The van der Waals surface area contributed by atoms with E-state index in [-0.39, 0.29) is 5.82 Å². The monoisotopic (exact) mass is 273 g/mol. The van der Waals surface area contributed by atoms with Crippen LogP contribution in [0.15, 0.2) is 36.4 Å². The Labute approximate surface area is 117 Å². The first kappa shape index (κ1) is 13.1. The van der Waals surface area contributed by atoms with E-state index in [4.69, 9.17) is 0 Å². The maximum Gasteiger partial charge on any atom is 0.128 e. The van der Waals surface area contributed by atoms with E-state index in [1.54, 1.807) is 0 Å².